The molecule has 7 nitrogen and oxygen atoms in total. The van der Waals surface area contributed by atoms with Crippen molar-refractivity contribution in [3.8, 4) is 0 Å². The van der Waals surface area contributed by atoms with Crippen LogP contribution in [0.2, 0.25) is 0 Å². The summed E-state index contributed by atoms with van der Waals surface area (Å²) in [5, 5.41) is 26.7. The molecule has 2 N–H and O–H groups in total. The molecule has 1 unspecified atom stereocenters. The molecule has 1 aromatic rings. The summed E-state index contributed by atoms with van der Waals surface area (Å²) in [6, 6.07) is 0. The van der Waals surface area contributed by atoms with Crippen molar-refractivity contribution >= 4 is 11.5 Å². The van der Waals surface area contributed by atoms with Gasteiger partial charge in [0.15, 0.2) is 0 Å². The molecule has 0 aliphatic carbocycles. The van der Waals surface area contributed by atoms with Crippen molar-refractivity contribution in [3.63, 3.8) is 0 Å². The van der Waals surface area contributed by atoms with Gasteiger partial charge in [0.05, 0.1) is 4.92 Å². The van der Waals surface area contributed by atoms with Crippen LogP contribution in [0.25, 0.3) is 0 Å². The van der Waals surface area contributed by atoms with Crippen LogP contribution < -0.4 is 5.32 Å². The van der Waals surface area contributed by atoms with E-state index >= 15 is 0 Å². The van der Waals surface area contributed by atoms with E-state index in [4.69, 9.17) is 5.11 Å². The van der Waals surface area contributed by atoms with Crippen molar-refractivity contribution in [1.82, 2.24) is 9.78 Å². The van der Waals surface area contributed by atoms with Gasteiger partial charge in [0.2, 0.25) is 5.82 Å². The normalized spacial score (nSPS) is 12.5. The van der Waals surface area contributed by atoms with E-state index in [0.717, 1.165) is 0 Å². The Morgan fingerprint density at radius 2 is 2.29 bits per heavy atom. The Bertz CT molecular complexity index is 403. The van der Waals surface area contributed by atoms with Gasteiger partial charge in [-0.3, -0.25) is 10.1 Å². The van der Waals surface area contributed by atoms with E-state index in [1.807, 2.05) is 6.92 Å². The lowest BCUT2D eigenvalue weighted by molar-refractivity contribution is -0.384. The number of aryl methyl sites for hydroxylation is 2. The summed E-state index contributed by atoms with van der Waals surface area (Å²) in [6.45, 7) is 4.27. The first-order valence-corrected chi connectivity index (χ1v) is 5.50. The summed E-state index contributed by atoms with van der Waals surface area (Å²) >= 11 is 0. The number of nitro groups is 1. The van der Waals surface area contributed by atoms with Crippen LogP contribution in [-0.4, -0.2) is 33.0 Å². The quantitative estimate of drug-likeness (QED) is 0.575. The van der Waals surface area contributed by atoms with Gasteiger partial charge in [-0.15, -0.1) is 0 Å². The summed E-state index contributed by atoms with van der Waals surface area (Å²) in [6.07, 6.45) is 0.664. The highest BCUT2D eigenvalue weighted by molar-refractivity contribution is 5.59. The average molecular weight is 242 g/mol. The molecule has 0 saturated heterocycles. The number of aliphatic hydroxyl groups excluding tert-OH is 1. The van der Waals surface area contributed by atoms with Gasteiger partial charge in [0.25, 0.3) is 0 Å². The van der Waals surface area contributed by atoms with Crippen molar-refractivity contribution in [2.45, 2.75) is 20.3 Å². The Morgan fingerprint density at radius 1 is 1.65 bits per heavy atom. The van der Waals surface area contributed by atoms with Crippen molar-refractivity contribution in [3.05, 3.63) is 15.8 Å². The van der Waals surface area contributed by atoms with Gasteiger partial charge in [-0.1, -0.05) is 6.92 Å². The number of nitrogens with zero attached hydrogens (tertiary/aromatic N) is 3. The first-order chi connectivity index (χ1) is 7.97. The molecule has 17 heavy (non-hydrogen) atoms. The van der Waals surface area contributed by atoms with Gasteiger partial charge in [0, 0.05) is 20.2 Å². The summed E-state index contributed by atoms with van der Waals surface area (Å²) in [7, 11) is 1.67. The maximum Gasteiger partial charge on any atom is 0.333 e. The molecule has 0 aromatic carbocycles. The maximum atomic E-state index is 10.9. The average Bonchev–Trinajstić information content (AvgIpc) is 2.50. The van der Waals surface area contributed by atoms with Crippen molar-refractivity contribution < 1.29 is 10.0 Å². The molecule has 0 bridgehead atoms. The molecule has 1 atom stereocenters. The minimum Gasteiger partial charge on any atom is -0.396 e. The predicted molar refractivity (Wildman–Crippen MR) is 64.0 cm³/mol. The molecule has 7 heteroatoms. The third-order valence-electron chi connectivity index (χ3n) is 2.61. The second-order valence-corrected chi connectivity index (χ2v) is 4.16. The Morgan fingerprint density at radius 3 is 2.82 bits per heavy atom. The summed E-state index contributed by atoms with van der Waals surface area (Å²) in [5.41, 5.74) is 0.415. The zero-order valence-corrected chi connectivity index (χ0v) is 10.3. The van der Waals surface area contributed by atoms with Crippen LogP contribution in [0.5, 0.6) is 0 Å². The Labute approximate surface area is 99.6 Å². The largest absolute Gasteiger partial charge is 0.396 e. The smallest absolute Gasteiger partial charge is 0.333 e. The lowest BCUT2D eigenvalue weighted by atomic mass is 10.1. The molecule has 1 heterocycles. The maximum absolute atomic E-state index is 10.9. The number of nitrogens with one attached hydrogen (secondary N) is 1. The number of aromatic nitrogens is 2. The zero-order chi connectivity index (χ0) is 13.0. The molecule has 1 aromatic heterocycles. The Hall–Kier alpha value is -1.63. The molecule has 1 rings (SSSR count). The van der Waals surface area contributed by atoms with Gasteiger partial charge in [-0.25, -0.2) is 4.68 Å². The van der Waals surface area contributed by atoms with Crippen LogP contribution in [-0.2, 0) is 7.05 Å². The number of rotatable bonds is 6. The molecule has 0 aliphatic rings. The molecule has 96 valence electrons. The number of hydrogen-bond acceptors (Lipinski definition) is 5. The van der Waals surface area contributed by atoms with Crippen molar-refractivity contribution in [2.24, 2.45) is 13.0 Å². The van der Waals surface area contributed by atoms with E-state index < -0.39 is 4.92 Å². The lowest BCUT2D eigenvalue weighted by Gasteiger charge is -2.11. The summed E-state index contributed by atoms with van der Waals surface area (Å²) in [4.78, 5) is 10.5. The predicted octanol–water partition coefficient (Wildman–Crippen LogP) is 1.07. The Kier molecular flexibility index (Phi) is 4.45. The van der Waals surface area contributed by atoms with E-state index in [0.29, 0.717) is 24.5 Å². The highest BCUT2D eigenvalue weighted by atomic mass is 16.6. The van der Waals surface area contributed by atoms with E-state index in [1.165, 1.54) is 4.68 Å². The SMILES string of the molecule is Cc1nn(C)c(NCC(C)CCO)c1[N+](=O)[O-]. The minimum atomic E-state index is -0.429. The van der Waals surface area contributed by atoms with Crippen LogP contribution in [0.3, 0.4) is 0 Å². The highest BCUT2D eigenvalue weighted by Gasteiger charge is 2.23. The molecular weight excluding hydrogens is 224 g/mol. The van der Waals surface area contributed by atoms with E-state index in [2.05, 4.69) is 10.4 Å². The number of aliphatic hydroxyl groups is 1. The fourth-order valence-corrected chi connectivity index (χ4v) is 1.66. The fraction of sp³-hybridized carbons (Fsp3) is 0.700. The molecule has 0 saturated carbocycles. The monoisotopic (exact) mass is 242 g/mol. The summed E-state index contributed by atoms with van der Waals surface area (Å²) < 4.78 is 1.47. The standard InChI is InChI=1S/C10H18N4O3/c1-7(4-5-15)6-11-10-9(14(16)17)8(2)12-13(10)3/h7,11,15H,4-6H2,1-3H3. The highest BCUT2D eigenvalue weighted by Crippen LogP contribution is 2.27. The summed E-state index contributed by atoms with van der Waals surface area (Å²) in [5.74, 6) is 0.659. The van der Waals surface area contributed by atoms with Crippen molar-refractivity contribution in [2.75, 3.05) is 18.5 Å². The molecule has 0 fully saturated rings. The van der Waals surface area contributed by atoms with E-state index in [-0.39, 0.29) is 18.2 Å². The second-order valence-electron chi connectivity index (χ2n) is 4.16. The topological polar surface area (TPSA) is 93.2 Å². The van der Waals surface area contributed by atoms with Crippen LogP contribution in [0, 0.1) is 23.0 Å². The van der Waals surface area contributed by atoms with Gasteiger partial charge >= 0.3 is 5.69 Å². The first kappa shape index (κ1) is 13.4. The lowest BCUT2D eigenvalue weighted by Crippen LogP contribution is -2.15. The molecule has 0 radical (unpaired) electrons. The molecular formula is C10H18N4O3. The Balaban J connectivity index is 2.80. The zero-order valence-electron chi connectivity index (χ0n) is 10.3. The van der Waals surface area contributed by atoms with Gasteiger partial charge in [0.1, 0.15) is 5.69 Å². The van der Waals surface area contributed by atoms with Crippen LogP contribution in [0.1, 0.15) is 19.0 Å². The van der Waals surface area contributed by atoms with Crippen LogP contribution in [0.15, 0.2) is 0 Å². The number of anilines is 1. The van der Waals surface area contributed by atoms with E-state index in [1.54, 1.807) is 14.0 Å². The molecule has 0 amide bonds. The van der Waals surface area contributed by atoms with Crippen LogP contribution in [0.4, 0.5) is 11.5 Å². The number of hydrogen-bond donors (Lipinski definition) is 2. The van der Waals surface area contributed by atoms with Crippen molar-refractivity contribution in [1.29, 1.82) is 0 Å². The van der Waals surface area contributed by atoms with Gasteiger partial charge in [-0.05, 0) is 19.3 Å². The molecule has 0 aliphatic heterocycles. The van der Waals surface area contributed by atoms with Gasteiger partial charge in [-0.2, -0.15) is 5.10 Å². The first-order valence-electron chi connectivity index (χ1n) is 5.50. The van der Waals surface area contributed by atoms with Crippen LogP contribution >= 0.6 is 0 Å². The van der Waals surface area contributed by atoms with E-state index in [9.17, 15) is 10.1 Å². The third-order valence-corrected chi connectivity index (χ3v) is 2.61. The molecule has 0 spiro atoms. The fourth-order valence-electron chi connectivity index (χ4n) is 1.66. The van der Waals surface area contributed by atoms with Gasteiger partial charge < -0.3 is 10.4 Å². The second kappa shape index (κ2) is 5.62. The third kappa shape index (κ3) is 3.16. The minimum absolute atomic E-state index is 0.0173.